The molecule has 0 aliphatic rings. The van der Waals surface area contributed by atoms with E-state index < -0.39 is 5.60 Å². The summed E-state index contributed by atoms with van der Waals surface area (Å²) in [5.41, 5.74) is 2.94. The Labute approximate surface area is 121 Å². The molecule has 2 heteroatoms. The van der Waals surface area contributed by atoms with E-state index in [2.05, 4.69) is 6.92 Å². The molecule has 1 unspecified atom stereocenters. The van der Waals surface area contributed by atoms with Crippen molar-refractivity contribution in [2.24, 2.45) is 0 Å². The molecule has 0 aromatic heterocycles. The predicted molar refractivity (Wildman–Crippen MR) is 82.2 cm³/mol. The predicted octanol–water partition coefficient (Wildman–Crippen LogP) is 3.96. The van der Waals surface area contributed by atoms with Crippen molar-refractivity contribution in [1.82, 2.24) is 0 Å². The lowest BCUT2D eigenvalue weighted by Crippen LogP contribution is -2.27. The van der Waals surface area contributed by atoms with Gasteiger partial charge in [0, 0.05) is 5.56 Å². The first kappa shape index (κ1) is 14.6. The highest BCUT2D eigenvalue weighted by atomic mass is 16.5. The fraction of sp³-hybridized carbons (Fsp3) is 0.333. The number of ether oxygens (including phenoxy) is 1. The van der Waals surface area contributed by atoms with Crippen LogP contribution in [-0.4, -0.2) is 12.2 Å². The summed E-state index contributed by atoms with van der Waals surface area (Å²) in [5.74, 6) is 0.776. The van der Waals surface area contributed by atoms with E-state index in [0.29, 0.717) is 6.42 Å². The second-order valence-electron chi connectivity index (χ2n) is 5.17. The number of aliphatic hydroxyl groups is 1. The maximum absolute atomic E-state index is 11.2. The Hall–Kier alpha value is -1.80. The van der Waals surface area contributed by atoms with Gasteiger partial charge < -0.3 is 9.84 Å². The summed E-state index contributed by atoms with van der Waals surface area (Å²) in [6.45, 7) is 6.07. The van der Waals surface area contributed by atoms with Crippen LogP contribution in [-0.2, 0) is 5.60 Å². The van der Waals surface area contributed by atoms with Crippen LogP contribution in [0.3, 0.4) is 0 Å². The van der Waals surface area contributed by atoms with Gasteiger partial charge in [-0.2, -0.15) is 0 Å². The van der Waals surface area contributed by atoms with E-state index in [0.717, 1.165) is 28.0 Å². The molecule has 0 saturated heterocycles. The van der Waals surface area contributed by atoms with Crippen molar-refractivity contribution in [3.8, 4) is 5.75 Å². The van der Waals surface area contributed by atoms with Gasteiger partial charge in [-0.1, -0.05) is 49.4 Å². The first-order valence-electron chi connectivity index (χ1n) is 6.97. The Morgan fingerprint density at radius 2 is 1.70 bits per heavy atom. The minimum Gasteiger partial charge on any atom is -0.496 e. The van der Waals surface area contributed by atoms with E-state index in [4.69, 9.17) is 4.74 Å². The molecule has 0 aliphatic carbocycles. The second-order valence-corrected chi connectivity index (χ2v) is 5.17. The lowest BCUT2D eigenvalue weighted by atomic mass is 9.82. The standard InChI is InChI=1S/C18H22O2/c1-5-18(19,15-9-7-6-8-10-15)16-12-11-13(2)14(3)17(16)20-4/h6-12,19H,5H2,1-4H3. The molecule has 0 heterocycles. The van der Waals surface area contributed by atoms with Gasteiger partial charge in [0.15, 0.2) is 0 Å². The second kappa shape index (κ2) is 5.68. The van der Waals surface area contributed by atoms with Crippen LogP contribution < -0.4 is 4.74 Å². The van der Waals surface area contributed by atoms with Gasteiger partial charge in [-0.3, -0.25) is 0 Å². The minimum absolute atomic E-state index is 0.593. The Kier molecular flexibility index (Phi) is 4.15. The van der Waals surface area contributed by atoms with Crippen LogP contribution in [0.1, 0.15) is 35.6 Å². The van der Waals surface area contributed by atoms with Crippen molar-refractivity contribution in [3.63, 3.8) is 0 Å². The van der Waals surface area contributed by atoms with Gasteiger partial charge in [-0.05, 0) is 37.0 Å². The summed E-state index contributed by atoms with van der Waals surface area (Å²) in [6, 6.07) is 13.8. The lowest BCUT2D eigenvalue weighted by Gasteiger charge is -2.30. The number of methoxy groups -OCH3 is 1. The number of benzene rings is 2. The summed E-state index contributed by atoms with van der Waals surface area (Å²) in [4.78, 5) is 0. The molecule has 0 radical (unpaired) electrons. The molecule has 2 aromatic rings. The largest absolute Gasteiger partial charge is 0.496 e. The van der Waals surface area contributed by atoms with Crippen LogP contribution in [0.25, 0.3) is 0 Å². The third kappa shape index (κ3) is 2.32. The van der Waals surface area contributed by atoms with Crippen molar-refractivity contribution < 1.29 is 9.84 Å². The summed E-state index contributed by atoms with van der Waals surface area (Å²) in [7, 11) is 1.66. The van der Waals surface area contributed by atoms with Crippen molar-refractivity contribution in [1.29, 1.82) is 0 Å². The third-order valence-electron chi connectivity index (χ3n) is 4.09. The van der Waals surface area contributed by atoms with E-state index in [1.54, 1.807) is 7.11 Å². The third-order valence-corrected chi connectivity index (χ3v) is 4.09. The quantitative estimate of drug-likeness (QED) is 0.911. The molecule has 1 N–H and O–H groups in total. The molecule has 0 saturated carbocycles. The van der Waals surface area contributed by atoms with Crippen molar-refractivity contribution >= 4 is 0 Å². The molecule has 0 amide bonds. The Balaban J connectivity index is 2.67. The monoisotopic (exact) mass is 270 g/mol. The summed E-state index contributed by atoms with van der Waals surface area (Å²) in [5, 5.41) is 11.2. The highest BCUT2D eigenvalue weighted by molar-refractivity contribution is 5.51. The molecule has 2 nitrogen and oxygen atoms in total. The van der Waals surface area contributed by atoms with Crippen LogP contribution >= 0.6 is 0 Å². The fourth-order valence-electron chi connectivity index (χ4n) is 2.64. The van der Waals surface area contributed by atoms with Gasteiger partial charge >= 0.3 is 0 Å². The average molecular weight is 270 g/mol. The molecular weight excluding hydrogens is 248 g/mol. The van der Waals surface area contributed by atoms with E-state index in [1.165, 1.54) is 0 Å². The van der Waals surface area contributed by atoms with Gasteiger partial charge in [-0.15, -0.1) is 0 Å². The van der Waals surface area contributed by atoms with E-state index in [-0.39, 0.29) is 0 Å². The zero-order chi connectivity index (χ0) is 14.8. The van der Waals surface area contributed by atoms with Gasteiger partial charge in [0.1, 0.15) is 11.4 Å². The first-order valence-corrected chi connectivity index (χ1v) is 6.97. The molecular formula is C18H22O2. The lowest BCUT2D eigenvalue weighted by molar-refractivity contribution is 0.0735. The van der Waals surface area contributed by atoms with E-state index in [9.17, 15) is 5.11 Å². The normalized spacial score (nSPS) is 13.8. The highest BCUT2D eigenvalue weighted by Crippen LogP contribution is 2.40. The van der Waals surface area contributed by atoms with Gasteiger partial charge in [-0.25, -0.2) is 0 Å². The number of hydrogen-bond donors (Lipinski definition) is 1. The SMILES string of the molecule is CCC(O)(c1ccccc1)c1ccc(C)c(C)c1OC. The molecule has 0 aliphatic heterocycles. The number of aryl methyl sites for hydroxylation is 1. The van der Waals surface area contributed by atoms with Crippen LogP contribution in [0, 0.1) is 13.8 Å². The topological polar surface area (TPSA) is 29.5 Å². The minimum atomic E-state index is -1.02. The Bertz CT molecular complexity index is 590. The molecule has 1 atom stereocenters. The maximum atomic E-state index is 11.2. The summed E-state index contributed by atoms with van der Waals surface area (Å²) >= 11 is 0. The van der Waals surface area contributed by atoms with Gasteiger partial charge in [0.05, 0.1) is 7.11 Å². The Morgan fingerprint density at radius 1 is 1.05 bits per heavy atom. The van der Waals surface area contributed by atoms with Crippen LogP contribution in [0.5, 0.6) is 5.75 Å². The van der Waals surface area contributed by atoms with Crippen molar-refractivity contribution in [3.05, 3.63) is 64.7 Å². The van der Waals surface area contributed by atoms with Crippen molar-refractivity contribution in [2.45, 2.75) is 32.8 Å². The maximum Gasteiger partial charge on any atom is 0.128 e. The van der Waals surface area contributed by atoms with Gasteiger partial charge in [0.2, 0.25) is 0 Å². The zero-order valence-electron chi connectivity index (χ0n) is 12.6. The zero-order valence-corrected chi connectivity index (χ0v) is 12.6. The van der Waals surface area contributed by atoms with Crippen molar-refractivity contribution in [2.75, 3.05) is 7.11 Å². The highest BCUT2D eigenvalue weighted by Gasteiger charge is 2.33. The molecule has 0 spiro atoms. The van der Waals surface area contributed by atoms with Crippen LogP contribution in [0.15, 0.2) is 42.5 Å². The van der Waals surface area contributed by atoms with E-state index in [1.807, 2.05) is 56.3 Å². The first-order chi connectivity index (χ1) is 9.54. The summed E-state index contributed by atoms with van der Waals surface area (Å²) < 4.78 is 5.57. The average Bonchev–Trinajstić information content (AvgIpc) is 2.50. The Morgan fingerprint density at radius 3 is 2.25 bits per heavy atom. The summed E-state index contributed by atoms with van der Waals surface area (Å²) in [6.07, 6.45) is 0.593. The molecule has 2 aromatic carbocycles. The molecule has 0 bridgehead atoms. The number of hydrogen-bond acceptors (Lipinski definition) is 2. The molecule has 2 rings (SSSR count). The van der Waals surface area contributed by atoms with Crippen LogP contribution in [0.4, 0.5) is 0 Å². The van der Waals surface area contributed by atoms with E-state index >= 15 is 0 Å². The van der Waals surface area contributed by atoms with Gasteiger partial charge in [0.25, 0.3) is 0 Å². The fourth-order valence-corrected chi connectivity index (χ4v) is 2.64. The molecule has 20 heavy (non-hydrogen) atoms. The van der Waals surface area contributed by atoms with Crippen LogP contribution in [0.2, 0.25) is 0 Å². The smallest absolute Gasteiger partial charge is 0.128 e. The number of rotatable bonds is 4. The molecule has 0 fully saturated rings. The molecule has 106 valence electrons.